The topological polar surface area (TPSA) is 73.2 Å². The molecule has 3 rings (SSSR count). The van der Waals surface area contributed by atoms with Crippen molar-refractivity contribution >= 4 is 46.4 Å². The van der Waals surface area contributed by atoms with Gasteiger partial charge >= 0.3 is 0 Å². The Morgan fingerprint density at radius 1 is 1.24 bits per heavy atom. The molecular formula is C18H13Cl2N3O2. The Balaban J connectivity index is 1.74. The summed E-state index contributed by atoms with van der Waals surface area (Å²) in [6, 6.07) is 13.7. The van der Waals surface area contributed by atoms with E-state index in [4.69, 9.17) is 28.5 Å². The van der Waals surface area contributed by atoms with Crippen LogP contribution in [0.15, 0.2) is 42.5 Å². The lowest BCUT2D eigenvalue weighted by Crippen LogP contribution is -2.28. The molecule has 1 saturated heterocycles. The summed E-state index contributed by atoms with van der Waals surface area (Å²) in [4.78, 5) is 26.3. The molecule has 1 aliphatic rings. The van der Waals surface area contributed by atoms with Crippen LogP contribution in [0.3, 0.4) is 0 Å². The van der Waals surface area contributed by atoms with E-state index in [0.29, 0.717) is 22.0 Å². The van der Waals surface area contributed by atoms with Crippen LogP contribution in [0, 0.1) is 17.2 Å². The second-order valence-electron chi connectivity index (χ2n) is 5.66. The molecule has 25 heavy (non-hydrogen) atoms. The first-order valence-corrected chi connectivity index (χ1v) is 8.30. The predicted octanol–water partition coefficient (Wildman–Crippen LogP) is 3.86. The quantitative estimate of drug-likeness (QED) is 0.887. The van der Waals surface area contributed by atoms with Crippen LogP contribution in [0.1, 0.15) is 12.0 Å². The zero-order valence-electron chi connectivity index (χ0n) is 13.0. The molecule has 1 fully saturated rings. The number of amides is 2. The standard InChI is InChI=1S/C18H13Cl2N3O2/c19-14-5-2-6-15(17(14)20)22-18(25)12-8-16(24)23(10-12)13-4-1-3-11(7-13)9-21/h1-7,12H,8,10H2,(H,22,25). The predicted molar refractivity (Wildman–Crippen MR) is 96.7 cm³/mol. The summed E-state index contributed by atoms with van der Waals surface area (Å²) in [7, 11) is 0. The highest BCUT2D eigenvalue weighted by Crippen LogP contribution is 2.31. The van der Waals surface area contributed by atoms with Crippen LogP contribution >= 0.6 is 23.2 Å². The summed E-state index contributed by atoms with van der Waals surface area (Å²) < 4.78 is 0. The first-order valence-electron chi connectivity index (χ1n) is 7.55. The number of carbonyl (C=O) groups excluding carboxylic acids is 2. The molecule has 0 spiro atoms. The van der Waals surface area contributed by atoms with Gasteiger partial charge in [0, 0.05) is 18.7 Å². The molecule has 0 bridgehead atoms. The lowest BCUT2D eigenvalue weighted by atomic mass is 10.1. The maximum Gasteiger partial charge on any atom is 0.229 e. The molecule has 0 saturated carbocycles. The molecule has 0 aliphatic carbocycles. The van der Waals surface area contributed by atoms with Crippen molar-refractivity contribution in [2.45, 2.75) is 6.42 Å². The zero-order valence-corrected chi connectivity index (χ0v) is 14.5. The number of carbonyl (C=O) groups is 2. The van der Waals surface area contributed by atoms with Crippen LogP contribution in [0.4, 0.5) is 11.4 Å². The number of hydrogen-bond acceptors (Lipinski definition) is 3. The summed E-state index contributed by atoms with van der Waals surface area (Å²) in [5.74, 6) is -0.961. The minimum Gasteiger partial charge on any atom is -0.324 e. The van der Waals surface area contributed by atoms with Crippen LogP contribution in [0.25, 0.3) is 0 Å². The molecule has 7 heteroatoms. The summed E-state index contributed by atoms with van der Waals surface area (Å²) >= 11 is 12.0. The largest absolute Gasteiger partial charge is 0.324 e. The minimum atomic E-state index is -0.506. The molecule has 2 aromatic rings. The van der Waals surface area contributed by atoms with E-state index >= 15 is 0 Å². The van der Waals surface area contributed by atoms with Crippen LogP contribution < -0.4 is 10.2 Å². The van der Waals surface area contributed by atoms with E-state index in [0.717, 1.165) is 0 Å². The van der Waals surface area contributed by atoms with Gasteiger partial charge in [0.25, 0.3) is 0 Å². The molecule has 1 unspecified atom stereocenters. The van der Waals surface area contributed by atoms with Gasteiger partial charge in [-0.25, -0.2) is 0 Å². The fourth-order valence-corrected chi connectivity index (χ4v) is 3.06. The number of halogens is 2. The molecular weight excluding hydrogens is 361 g/mol. The Labute approximate surface area is 154 Å². The number of nitrogens with one attached hydrogen (secondary N) is 1. The summed E-state index contributed by atoms with van der Waals surface area (Å²) in [6.45, 7) is 0.248. The van der Waals surface area contributed by atoms with Crippen LogP contribution in [0.2, 0.25) is 10.0 Å². The van der Waals surface area contributed by atoms with Crippen molar-refractivity contribution in [3.63, 3.8) is 0 Å². The maximum absolute atomic E-state index is 12.5. The highest BCUT2D eigenvalue weighted by atomic mass is 35.5. The van der Waals surface area contributed by atoms with E-state index < -0.39 is 5.92 Å². The Hall–Kier alpha value is -2.55. The van der Waals surface area contributed by atoms with Crippen molar-refractivity contribution in [1.29, 1.82) is 5.26 Å². The van der Waals surface area contributed by atoms with Crippen molar-refractivity contribution in [3.8, 4) is 6.07 Å². The highest BCUT2D eigenvalue weighted by molar-refractivity contribution is 6.44. The van der Waals surface area contributed by atoms with Crippen molar-refractivity contribution < 1.29 is 9.59 Å². The van der Waals surface area contributed by atoms with E-state index in [-0.39, 0.29) is 29.8 Å². The highest BCUT2D eigenvalue weighted by Gasteiger charge is 2.35. The fourth-order valence-electron chi connectivity index (χ4n) is 2.71. The van der Waals surface area contributed by atoms with Gasteiger partial charge in [-0.2, -0.15) is 5.26 Å². The minimum absolute atomic E-state index is 0.0980. The molecule has 1 heterocycles. The first kappa shape index (κ1) is 17.3. The number of nitriles is 1. The summed E-state index contributed by atoms with van der Waals surface area (Å²) in [5, 5.41) is 12.3. The van der Waals surface area contributed by atoms with Crippen LogP contribution in [0.5, 0.6) is 0 Å². The average Bonchev–Trinajstić information content (AvgIpc) is 3.01. The van der Waals surface area contributed by atoms with E-state index in [2.05, 4.69) is 5.32 Å². The van der Waals surface area contributed by atoms with E-state index in [1.807, 2.05) is 6.07 Å². The van der Waals surface area contributed by atoms with E-state index in [1.165, 1.54) is 4.90 Å². The Morgan fingerprint density at radius 3 is 2.76 bits per heavy atom. The summed E-state index contributed by atoms with van der Waals surface area (Å²) in [5.41, 5.74) is 1.49. The van der Waals surface area contributed by atoms with Crippen molar-refractivity contribution in [2.24, 2.45) is 5.92 Å². The SMILES string of the molecule is N#Cc1cccc(N2CC(C(=O)Nc3cccc(Cl)c3Cl)CC2=O)c1. The second-order valence-corrected chi connectivity index (χ2v) is 6.44. The molecule has 2 aromatic carbocycles. The maximum atomic E-state index is 12.5. The molecule has 126 valence electrons. The number of benzene rings is 2. The van der Waals surface area contributed by atoms with Gasteiger partial charge in [0.2, 0.25) is 11.8 Å². The molecule has 0 radical (unpaired) electrons. The zero-order chi connectivity index (χ0) is 18.0. The van der Waals surface area contributed by atoms with Crippen molar-refractivity contribution in [2.75, 3.05) is 16.8 Å². The molecule has 5 nitrogen and oxygen atoms in total. The number of hydrogen-bond donors (Lipinski definition) is 1. The van der Waals surface area contributed by atoms with Gasteiger partial charge in [0.05, 0.1) is 33.3 Å². The summed E-state index contributed by atoms with van der Waals surface area (Å²) in [6.07, 6.45) is 0.0980. The van der Waals surface area contributed by atoms with Gasteiger partial charge in [-0.3, -0.25) is 9.59 Å². The molecule has 0 aromatic heterocycles. The Morgan fingerprint density at radius 2 is 2.00 bits per heavy atom. The van der Waals surface area contributed by atoms with Crippen LogP contribution in [-0.2, 0) is 9.59 Å². The van der Waals surface area contributed by atoms with Crippen LogP contribution in [-0.4, -0.2) is 18.4 Å². The third-order valence-corrected chi connectivity index (χ3v) is 4.81. The Bertz CT molecular complexity index is 892. The van der Waals surface area contributed by atoms with E-state index in [1.54, 1.807) is 42.5 Å². The molecule has 1 atom stereocenters. The van der Waals surface area contributed by atoms with Gasteiger partial charge in [0.1, 0.15) is 0 Å². The van der Waals surface area contributed by atoms with Gasteiger partial charge in [0.15, 0.2) is 0 Å². The van der Waals surface area contributed by atoms with Gasteiger partial charge < -0.3 is 10.2 Å². The molecule has 1 aliphatic heterocycles. The third kappa shape index (κ3) is 3.60. The smallest absolute Gasteiger partial charge is 0.229 e. The normalized spacial score (nSPS) is 16.6. The first-order chi connectivity index (χ1) is 12.0. The number of rotatable bonds is 3. The Kier molecular flexibility index (Phi) is 4.93. The fraction of sp³-hybridized carbons (Fsp3) is 0.167. The van der Waals surface area contributed by atoms with Gasteiger partial charge in [-0.15, -0.1) is 0 Å². The van der Waals surface area contributed by atoms with Gasteiger partial charge in [-0.1, -0.05) is 35.3 Å². The van der Waals surface area contributed by atoms with Crippen molar-refractivity contribution in [1.82, 2.24) is 0 Å². The monoisotopic (exact) mass is 373 g/mol. The number of anilines is 2. The van der Waals surface area contributed by atoms with Gasteiger partial charge in [-0.05, 0) is 30.3 Å². The molecule has 1 N–H and O–H groups in total. The van der Waals surface area contributed by atoms with Crippen molar-refractivity contribution in [3.05, 3.63) is 58.1 Å². The van der Waals surface area contributed by atoms with E-state index in [9.17, 15) is 9.59 Å². The second kappa shape index (κ2) is 7.14. The lowest BCUT2D eigenvalue weighted by Gasteiger charge is -2.17. The molecule has 2 amide bonds. The average molecular weight is 374 g/mol. The lowest BCUT2D eigenvalue weighted by molar-refractivity contribution is -0.122. The third-order valence-electron chi connectivity index (χ3n) is 3.99. The number of nitrogens with zero attached hydrogens (tertiary/aromatic N) is 2.